The van der Waals surface area contributed by atoms with Gasteiger partial charge in [0.15, 0.2) is 0 Å². The molecule has 0 heterocycles. The number of alkyl halides is 1. The molecule has 0 bridgehead atoms. The Bertz CT molecular complexity index is 268. The standard InChI is InChI=1S/C9H11F2NO/c10-7-2-1-3-9(4-7)13-6-8(11)5-12/h1-4,8H,5-6,12H2. The minimum atomic E-state index is -1.21. The minimum absolute atomic E-state index is 0.0880. The molecule has 72 valence electrons. The van der Waals surface area contributed by atoms with Crippen LogP contribution in [0.1, 0.15) is 0 Å². The molecule has 4 heteroatoms. The average molecular weight is 187 g/mol. The molecule has 0 fully saturated rings. The molecule has 1 unspecified atom stereocenters. The molecule has 0 saturated carbocycles. The lowest BCUT2D eigenvalue weighted by atomic mass is 10.3. The quantitative estimate of drug-likeness (QED) is 0.775. The average Bonchev–Trinajstić information content (AvgIpc) is 2.14. The highest BCUT2D eigenvalue weighted by Crippen LogP contribution is 2.12. The molecule has 1 aromatic carbocycles. The predicted octanol–water partition coefficient (Wildman–Crippen LogP) is 1.50. The maximum atomic E-state index is 12.6. The van der Waals surface area contributed by atoms with E-state index in [9.17, 15) is 8.78 Å². The summed E-state index contributed by atoms with van der Waals surface area (Å²) in [7, 11) is 0. The van der Waals surface area contributed by atoms with Crippen LogP contribution < -0.4 is 10.5 Å². The van der Waals surface area contributed by atoms with Crippen molar-refractivity contribution in [3.63, 3.8) is 0 Å². The van der Waals surface area contributed by atoms with Crippen molar-refractivity contribution < 1.29 is 13.5 Å². The van der Waals surface area contributed by atoms with Crippen LogP contribution in [0.3, 0.4) is 0 Å². The Labute approximate surface area is 75.3 Å². The van der Waals surface area contributed by atoms with E-state index in [1.54, 1.807) is 6.07 Å². The molecule has 2 nitrogen and oxygen atoms in total. The van der Waals surface area contributed by atoms with Crippen molar-refractivity contribution in [3.05, 3.63) is 30.1 Å². The Morgan fingerprint density at radius 1 is 1.46 bits per heavy atom. The van der Waals surface area contributed by atoms with E-state index >= 15 is 0 Å². The molecule has 0 aliphatic carbocycles. The molecule has 0 aromatic heterocycles. The molecule has 1 rings (SSSR count). The van der Waals surface area contributed by atoms with Crippen molar-refractivity contribution in [2.75, 3.05) is 13.2 Å². The van der Waals surface area contributed by atoms with Gasteiger partial charge in [-0.2, -0.15) is 0 Å². The first-order valence-corrected chi connectivity index (χ1v) is 3.95. The number of hydrogen-bond donors (Lipinski definition) is 1. The van der Waals surface area contributed by atoms with Gasteiger partial charge in [0.2, 0.25) is 0 Å². The molecular weight excluding hydrogens is 176 g/mol. The highest BCUT2D eigenvalue weighted by Gasteiger charge is 2.04. The molecule has 0 amide bonds. The lowest BCUT2D eigenvalue weighted by Crippen LogP contribution is -2.22. The van der Waals surface area contributed by atoms with Crippen LogP contribution in [0.4, 0.5) is 8.78 Å². The van der Waals surface area contributed by atoms with Gasteiger partial charge >= 0.3 is 0 Å². The van der Waals surface area contributed by atoms with Crippen molar-refractivity contribution in [1.82, 2.24) is 0 Å². The van der Waals surface area contributed by atoms with Gasteiger partial charge in [0.25, 0.3) is 0 Å². The summed E-state index contributed by atoms with van der Waals surface area (Å²) >= 11 is 0. The van der Waals surface area contributed by atoms with Gasteiger partial charge in [-0.25, -0.2) is 8.78 Å². The zero-order chi connectivity index (χ0) is 9.68. The predicted molar refractivity (Wildman–Crippen MR) is 45.8 cm³/mol. The Morgan fingerprint density at radius 2 is 2.23 bits per heavy atom. The number of hydrogen-bond acceptors (Lipinski definition) is 2. The minimum Gasteiger partial charge on any atom is -0.490 e. The van der Waals surface area contributed by atoms with Crippen molar-refractivity contribution in [1.29, 1.82) is 0 Å². The Morgan fingerprint density at radius 3 is 2.85 bits per heavy atom. The fourth-order valence-electron chi connectivity index (χ4n) is 0.811. The van der Waals surface area contributed by atoms with E-state index in [1.165, 1.54) is 18.2 Å². The normalized spacial score (nSPS) is 12.5. The summed E-state index contributed by atoms with van der Waals surface area (Å²) in [4.78, 5) is 0. The smallest absolute Gasteiger partial charge is 0.146 e. The topological polar surface area (TPSA) is 35.2 Å². The number of rotatable bonds is 4. The molecule has 13 heavy (non-hydrogen) atoms. The second-order valence-electron chi connectivity index (χ2n) is 2.60. The molecule has 2 N–H and O–H groups in total. The Kier molecular flexibility index (Phi) is 3.64. The first-order valence-electron chi connectivity index (χ1n) is 3.95. The first-order chi connectivity index (χ1) is 6.22. The van der Waals surface area contributed by atoms with Gasteiger partial charge in [0, 0.05) is 12.6 Å². The summed E-state index contributed by atoms with van der Waals surface area (Å²) in [6.07, 6.45) is -1.21. The molecule has 0 radical (unpaired) electrons. The van der Waals surface area contributed by atoms with Gasteiger partial charge in [-0.3, -0.25) is 0 Å². The largest absolute Gasteiger partial charge is 0.490 e. The zero-order valence-electron chi connectivity index (χ0n) is 7.04. The summed E-state index contributed by atoms with van der Waals surface area (Å²) in [6.45, 7) is -0.227. The first kappa shape index (κ1) is 9.92. The van der Waals surface area contributed by atoms with Crippen molar-refractivity contribution in [3.8, 4) is 5.75 Å². The van der Waals surface area contributed by atoms with E-state index in [1.807, 2.05) is 0 Å². The molecule has 1 atom stereocenters. The van der Waals surface area contributed by atoms with E-state index in [0.29, 0.717) is 5.75 Å². The fraction of sp³-hybridized carbons (Fsp3) is 0.333. The summed E-state index contributed by atoms with van der Waals surface area (Å²) in [5, 5.41) is 0. The lowest BCUT2D eigenvalue weighted by molar-refractivity contribution is 0.200. The van der Waals surface area contributed by atoms with Crippen LogP contribution in [0.2, 0.25) is 0 Å². The van der Waals surface area contributed by atoms with Crippen LogP contribution in [0, 0.1) is 5.82 Å². The third-order valence-electron chi connectivity index (χ3n) is 1.48. The fourth-order valence-corrected chi connectivity index (χ4v) is 0.811. The maximum Gasteiger partial charge on any atom is 0.146 e. The van der Waals surface area contributed by atoms with Crippen LogP contribution in [-0.4, -0.2) is 19.3 Å². The number of nitrogens with two attached hydrogens (primary N) is 1. The van der Waals surface area contributed by atoms with Gasteiger partial charge < -0.3 is 10.5 Å². The Hall–Kier alpha value is -1.16. The summed E-state index contributed by atoms with van der Waals surface area (Å²) < 4.78 is 30.1. The van der Waals surface area contributed by atoms with Gasteiger partial charge in [0.05, 0.1) is 0 Å². The number of ether oxygens (including phenoxy) is 1. The number of halogens is 2. The van der Waals surface area contributed by atoms with Crippen LogP contribution >= 0.6 is 0 Å². The zero-order valence-corrected chi connectivity index (χ0v) is 7.04. The van der Waals surface area contributed by atoms with Gasteiger partial charge in [-0.15, -0.1) is 0 Å². The van der Waals surface area contributed by atoms with E-state index in [0.717, 1.165) is 0 Å². The second-order valence-corrected chi connectivity index (χ2v) is 2.60. The molecule has 0 aliphatic heterocycles. The summed E-state index contributed by atoms with van der Waals surface area (Å²) in [6, 6.07) is 5.55. The van der Waals surface area contributed by atoms with Crippen molar-refractivity contribution >= 4 is 0 Å². The van der Waals surface area contributed by atoms with E-state index in [2.05, 4.69) is 0 Å². The monoisotopic (exact) mass is 187 g/mol. The van der Waals surface area contributed by atoms with E-state index in [-0.39, 0.29) is 13.2 Å². The Balaban J connectivity index is 2.45. The maximum absolute atomic E-state index is 12.6. The highest BCUT2D eigenvalue weighted by molar-refractivity contribution is 5.22. The van der Waals surface area contributed by atoms with Crippen LogP contribution in [-0.2, 0) is 0 Å². The third-order valence-corrected chi connectivity index (χ3v) is 1.48. The number of benzene rings is 1. The molecular formula is C9H11F2NO. The van der Waals surface area contributed by atoms with E-state index < -0.39 is 12.0 Å². The van der Waals surface area contributed by atoms with Gasteiger partial charge in [0.1, 0.15) is 24.3 Å². The van der Waals surface area contributed by atoms with Crippen LogP contribution in [0.25, 0.3) is 0 Å². The van der Waals surface area contributed by atoms with Crippen molar-refractivity contribution in [2.45, 2.75) is 6.17 Å². The lowest BCUT2D eigenvalue weighted by Gasteiger charge is -2.07. The van der Waals surface area contributed by atoms with Gasteiger partial charge in [-0.05, 0) is 12.1 Å². The molecule has 0 saturated heterocycles. The molecule has 1 aromatic rings. The van der Waals surface area contributed by atoms with Crippen LogP contribution in [0.5, 0.6) is 5.75 Å². The molecule has 0 aliphatic rings. The van der Waals surface area contributed by atoms with Gasteiger partial charge in [-0.1, -0.05) is 6.07 Å². The highest BCUT2D eigenvalue weighted by atomic mass is 19.1. The summed E-state index contributed by atoms with van der Waals surface area (Å²) in [5.74, 6) is -0.0863. The molecule has 0 spiro atoms. The van der Waals surface area contributed by atoms with Crippen LogP contribution in [0.15, 0.2) is 24.3 Å². The second kappa shape index (κ2) is 4.77. The SMILES string of the molecule is NCC(F)COc1cccc(F)c1. The van der Waals surface area contributed by atoms with E-state index in [4.69, 9.17) is 10.5 Å². The summed E-state index contributed by atoms with van der Waals surface area (Å²) in [5.41, 5.74) is 5.04. The third kappa shape index (κ3) is 3.38. The van der Waals surface area contributed by atoms with Crippen molar-refractivity contribution in [2.24, 2.45) is 5.73 Å².